The average Bonchev–Trinajstić information content (AvgIpc) is 2.69. The van der Waals surface area contributed by atoms with Crippen molar-refractivity contribution in [1.82, 2.24) is 15.2 Å². The van der Waals surface area contributed by atoms with Gasteiger partial charge in [0.25, 0.3) is 5.91 Å². The van der Waals surface area contributed by atoms with Crippen LogP contribution in [0.4, 0.5) is 0 Å². The molecular weight excluding hydrogens is 330 g/mol. The van der Waals surface area contributed by atoms with Crippen LogP contribution < -0.4 is 10.1 Å². The minimum absolute atomic E-state index is 0.0326. The molecule has 2 heterocycles. The Morgan fingerprint density at radius 2 is 2.04 bits per heavy atom. The number of amides is 2. The maximum Gasteiger partial charge on any atom is 0.253 e. The molecule has 6 heteroatoms. The summed E-state index contributed by atoms with van der Waals surface area (Å²) in [7, 11) is 0. The van der Waals surface area contributed by atoms with Gasteiger partial charge in [0, 0.05) is 31.4 Å². The van der Waals surface area contributed by atoms with E-state index in [1.807, 2.05) is 13.0 Å². The Morgan fingerprint density at radius 3 is 2.73 bits per heavy atom. The fraction of sp³-hybridized carbons (Fsp3) is 0.350. The molecule has 26 heavy (non-hydrogen) atoms. The third-order valence-corrected chi connectivity index (χ3v) is 4.40. The van der Waals surface area contributed by atoms with Gasteiger partial charge >= 0.3 is 0 Å². The summed E-state index contributed by atoms with van der Waals surface area (Å²) in [4.78, 5) is 30.6. The average molecular weight is 353 g/mol. The summed E-state index contributed by atoms with van der Waals surface area (Å²) in [5.41, 5.74) is 0.597. The molecule has 1 aromatic heterocycles. The van der Waals surface area contributed by atoms with E-state index < -0.39 is 0 Å². The van der Waals surface area contributed by atoms with E-state index in [0.29, 0.717) is 36.7 Å². The lowest BCUT2D eigenvalue weighted by Gasteiger charge is -2.32. The van der Waals surface area contributed by atoms with E-state index in [-0.39, 0.29) is 17.7 Å². The van der Waals surface area contributed by atoms with Gasteiger partial charge in [-0.3, -0.25) is 14.6 Å². The maximum atomic E-state index is 12.7. The molecule has 1 fully saturated rings. The van der Waals surface area contributed by atoms with Gasteiger partial charge in [-0.25, -0.2) is 0 Å². The van der Waals surface area contributed by atoms with Crippen LogP contribution in [-0.2, 0) is 4.79 Å². The van der Waals surface area contributed by atoms with Crippen molar-refractivity contribution in [2.75, 3.05) is 19.6 Å². The second-order valence-corrected chi connectivity index (χ2v) is 6.30. The Morgan fingerprint density at radius 1 is 1.23 bits per heavy atom. The van der Waals surface area contributed by atoms with Crippen molar-refractivity contribution in [3.63, 3.8) is 0 Å². The van der Waals surface area contributed by atoms with Crippen LogP contribution in [0.25, 0.3) is 0 Å². The van der Waals surface area contributed by atoms with E-state index in [1.165, 1.54) is 0 Å². The van der Waals surface area contributed by atoms with E-state index in [1.54, 1.807) is 47.6 Å². The summed E-state index contributed by atoms with van der Waals surface area (Å²) in [5, 5.41) is 2.85. The first-order chi connectivity index (χ1) is 12.7. The summed E-state index contributed by atoms with van der Waals surface area (Å²) in [6.07, 6.45) is 4.98. The van der Waals surface area contributed by atoms with E-state index in [4.69, 9.17) is 4.74 Å². The third-order valence-electron chi connectivity index (χ3n) is 4.40. The van der Waals surface area contributed by atoms with Crippen molar-refractivity contribution < 1.29 is 14.3 Å². The Balaban J connectivity index is 1.63. The molecule has 136 valence electrons. The quantitative estimate of drug-likeness (QED) is 0.897. The normalized spacial score (nSPS) is 16.8. The van der Waals surface area contributed by atoms with Crippen molar-refractivity contribution in [3.8, 4) is 11.5 Å². The van der Waals surface area contributed by atoms with Gasteiger partial charge in [-0.2, -0.15) is 0 Å². The standard InChI is InChI=1S/C20H23N3O3/c1-2-22-19(24)16-5-4-12-23(14-16)20(25)15-7-9-17(10-8-15)26-18-6-3-11-21-13-18/h3,6-11,13,16H,2,4-5,12,14H2,1H3,(H,22,24). The summed E-state index contributed by atoms with van der Waals surface area (Å²) < 4.78 is 5.69. The zero-order valence-corrected chi connectivity index (χ0v) is 14.9. The molecule has 0 bridgehead atoms. The number of rotatable bonds is 5. The lowest BCUT2D eigenvalue weighted by Crippen LogP contribution is -2.45. The van der Waals surface area contributed by atoms with Gasteiger partial charge in [0.15, 0.2) is 0 Å². The molecule has 0 radical (unpaired) electrons. The molecule has 1 atom stereocenters. The molecule has 1 saturated heterocycles. The van der Waals surface area contributed by atoms with Crippen LogP contribution >= 0.6 is 0 Å². The SMILES string of the molecule is CCNC(=O)C1CCCN(C(=O)c2ccc(Oc3cccnc3)cc2)C1. The maximum absolute atomic E-state index is 12.7. The second-order valence-electron chi connectivity index (χ2n) is 6.30. The summed E-state index contributed by atoms with van der Waals surface area (Å²) >= 11 is 0. The number of likely N-dealkylation sites (tertiary alicyclic amines) is 1. The van der Waals surface area contributed by atoms with Crippen LogP contribution in [0.3, 0.4) is 0 Å². The molecule has 1 unspecified atom stereocenters. The highest BCUT2D eigenvalue weighted by Crippen LogP contribution is 2.23. The minimum atomic E-state index is -0.124. The van der Waals surface area contributed by atoms with Crippen LogP contribution in [0.1, 0.15) is 30.1 Å². The third kappa shape index (κ3) is 4.39. The molecule has 0 spiro atoms. The molecule has 1 aliphatic rings. The fourth-order valence-corrected chi connectivity index (χ4v) is 3.09. The number of hydrogen-bond acceptors (Lipinski definition) is 4. The van der Waals surface area contributed by atoms with Crippen molar-refractivity contribution >= 4 is 11.8 Å². The summed E-state index contributed by atoms with van der Waals surface area (Å²) in [6.45, 7) is 3.67. The zero-order chi connectivity index (χ0) is 18.4. The van der Waals surface area contributed by atoms with Gasteiger partial charge in [-0.05, 0) is 56.2 Å². The molecule has 2 aromatic rings. The van der Waals surface area contributed by atoms with Crippen LogP contribution in [0.2, 0.25) is 0 Å². The van der Waals surface area contributed by atoms with Crippen LogP contribution in [-0.4, -0.2) is 41.3 Å². The van der Waals surface area contributed by atoms with Gasteiger partial charge in [0.05, 0.1) is 12.1 Å². The number of nitrogens with one attached hydrogen (secondary N) is 1. The Kier molecular flexibility index (Phi) is 5.84. The Labute approximate surface area is 153 Å². The summed E-state index contributed by atoms with van der Waals surface area (Å²) in [5.74, 6) is 1.15. The number of pyridine rings is 1. The lowest BCUT2D eigenvalue weighted by molar-refractivity contribution is -0.126. The molecule has 6 nitrogen and oxygen atoms in total. The predicted octanol–water partition coefficient (Wildman–Crippen LogP) is 2.86. The number of carbonyl (C=O) groups excluding carboxylic acids is 2. The number of aromatic nitrogens is 1. The molecular formula is C20H23N3O3. The Bertz CT molecular complexity index is 747. The monoisotopic (exact) mass is 353 g/mol. The molecule has 1 aromatic carbocycles. The topological polar surface area (TPSA) is 71.5 Å². The van der Waals surface area contributed by atoms with Crippen LogP contribution in [0.15, 0.2) is 48.8 Å². The van der Waals surface area contributed by atoms with Gasteiger partial charge in [-0.1, -0.05) is 0 Å². The minimum Gasteiger partial charge on any atom is -0.456 e. The van der Waals surface area contributed by atoms with Crippen LogP contribution in [0, 0.1) is 5.92 Å². The number of nitrogens with zero attached hydrogens (tertiary/aromatic N) is 2. The zero-order valence-electron chi connectivity index (χ0n) is 14.9. The number of ether oxygens (including phenoxy) is 1. The van der Waals surface area contributed by atoms with Gasteiger partial charge < -0.3 is 15.0 Å². The van der Waals surface area contributed by atoms with E-state index in [9.17, 15) is 9.59 Å². The van der Waals surface area contributed by atoms with E-state index in [0.717, 1.165) is 12.8 Å². The van der Waals surface area contributed by atoms with E-state index in [2.05, 4.69) is 10.3 Å². The number of piperidine rings is 1. The van der Waals surface area contributed by atoms with Gasteiger partial charge in [-0.15, -0.1) is 0 Å². The smallest absolute Gasteiger partial charge is 0.253 e. The molecule has 1 aliphatic heterocycles. The molecule has 2 amide bonds. The van der Waals surface area contributed by atoms with Crippen molar-refractivity contribution in [3.05, 3.63) is 54.4 Å². The fourth-order valence-electron chi connectivity index (χ4n) is 3.09. The van der Waals surface area contributed by atoms with Crippen LogP contribution in [0.5, 0.6) is 11.5 Å². The summed E-state index contributed by atoms with van der Waals surface area (Å²) in [6, 6.07) is 10.7. The van der Waals surface area contributed by atoms with Crippen molar-refractivity contribution in [2.24, 2.45) is 5.92 Å². The molecule has 1 N–H and O–H groups in total. The lowest BCUT2D eigenvalue weighted by atomic mass is 9.96. The highest BCUT2D eigenvalue weighted by atomic mass is 16.5. The number of hydrogen-bond donors (Lipinski definition) is 1. The predicted molar refractivity (Wildman–Crippen MR) is 98.1 cm³/mol. The first-order valence-corrected chi connectivity index (χ1v) is 8.92. The first kappa shape index (κ1) is 17.9. The number of carbonyl (C=O) groups is 2. The number of benzene rings is 1. The molecule has 0 aliphatic carbocycles. The van der Waals surface area contributed by atoms with E-state index >= 15 is 0 Å². The highest BCUT2D eigenvalue weighted by Gasteiger charge is 2.28. The first-order valence-electron chi connectivity index (χ1n) is 8.92. The molecule has 0 saturated carbocycles. The molecule has 3 rings (SSSR count). The van der Waals surface area contributed by atoms with Gasteiger partial charge in [0.1, 0.15) is 11.5 Å². The van der Waals surface area contributed by atoms with Crippen molar-refractivity contribution in [2.45, 2.75) is 19.8 Å². The highest BCUT2D eigenvalue weighted by molar-refractivity contribution is 5.94. The largest absolute Gasteiger partial charge is 0.456 e. The van der Waals surface area contributed by atoms with Crippen molar-refractivity contribution in [1.29, 1.82) is 0 Å². The Hall–Kier alpha value is -2.89. The second kappa shape index (κ2) is 8.47. The van der Waals surface area contributed by atoms with Gasteiger partial charge in [0.2, 0.25) is 5.91 Å².